The minimum Gasteiger partial charge on any atom is -0.302 e. The summed E-state index contributed by atoms with van der Waals surface area (Å²) in [5, 5.41) is 1.48. The number of hydrogen-bond acceptors (Lipinski definition) is 2. The third kappa shape index (κ3) is 3.53. The number of aliphatic imine (C=N–C) groups is 1. The lowest BCUT2D eigenvalue weighted by Gasteiger charge is -2.20. The van der Waals surface area contributed by atoms with Gasteiger partial charge in [-0.25, -0.2) is 10.8 Å². The van der Waals surface area contributed by atoms with E-state index in [4.69, 9.17) is 5.84 Å². The molecule has 0 unspecified atom stereocenters. The van der Waals surface area contributed by atoms with Crippen LogP contribution in [0.2, 0.25) is 0 Å². The quantitative estimate of drug-likeness (QED) is 0.281. The smallest absolute Gasteiger partial charge is 0.115 e. The largest absolute Gasteiger partial charge is 0.302 e. The highest BCUT2D eigenvalue weighted by Gasteiger charge is 2.14. The maximum Gasteiger partial charge on any atom is 0.115 e. The molecule has 3 heteroatoms. The van der Waals surface area contributed by atoms with Crippen molar-refractivity contribution >= 4 is 5.84 Å². The van der Waals surface area contributed by atoms with Crippen molar-refractivity contribution in [1.29, 1.82) is 0 Å². The van der Waals surface area contributed by atoms with Crippen LogP contribution in [0.1, 0.15) is 27.7 Å². The fourth-order valence-corrected chi connectivity index (χ4v) is 0.442. The summed E-state index contributed by atoms with van der Waals surface area (Å²) >= 11 is 0. The summed E-state index contributed by atoms with van der Waals surface area (Å²) in [6, 6.07) is 0. The lowest BCUT2D eigenvalue weighted by atomic mass is 9.93. The van der Waals surface area contributed by atoms with Gasteiger partial charge in [-0.05, 0) is 6.92 Å². The van der Waals surface area contributed by atoms with Gasteiger partial charge >= 0.3 is 0 Å². The maximum atomic E-state index is 5.49. The van der Waals surface area contributed by atoms with Crippen LogP contribution in [0.3, 0.4) is 0 Å². The second-order valence-electron chi connectivity index (χ2n) is 3.97. The Morgan fingerprint density at radius 1 is 1.42 bits per heavy atom. The van der Waals surface area contributed by atoms with Gasteiger partial charge in [0.2, 0.25) is 0 Å². The van der Waals surface area contributed by atoms with E-state index in [1.165, 1.54) is 5.01 Å². The van der Waals surface area contributed by atoms with Gasteiger partial charge in [0.1, 0.15) is 5.84 Å². The Balaban J connectivity index is 4.46. The number of rotatable bonds is 1. The predicted molar refractivity (Wildman–Crippen MR) is 53.7 cm³/mol. The molecule has 0 saturated heterocycles. The first-order chi connectivity index (χ1) is 5.25. The molecular formula is C9H19N3. The van der Waals surface area contributed by atoms with Crippen molar-refractivity contribution < 1.29 is 0 Å². The minimum atomic E-state index is 0.0112. The van der Waals surface area contributed by atoms with Crippen molar-refractivity contribution in [2.24, 2.45) is 16.3 Å². The van der Waals surface area contributed by atoms with Gasteiger partial charge in [0.05, 0.1) is 0 Å². The van der Waals surface area contributed by atoms with Crippen LogP contribution in [-0.4, -0.2) is 17.9 Å². The summed E-state index contributed by atoms with van der Waals surface area (Å²) in [7, 11) is 1.76. The number of hydrogen-bond donors (Lipinski definition) is 1. The average Bonchev–Trinajstić information content (AvgIpc) is 1.85. The Kier molecular flexibility index (Phi) is 3.46. The molecule has 0 heterocycles. The number of hydrazine groups is 1. The van der Waals surface area contributed by atoms with E-state index >= 15 is 0 Å². The molecule has 0 aliphatic rings. The molecule has 2 N–H and O–H groups in total. The summed E-state index contributed by atoms with van der Waals surface area (Å²) in [5.74, 6) is 6.26. The van der Waals surface area contributed by atoms with Crippen molar-refractivity contribution in [3.05, 3.63) is 12.3 Å². The van der Waals surface area contributed by atoms with Crippen molar-refractivity contribution in [3.63, 3.8) is 0 Å². The molecule has 0 saturated carbocycles. The van der Waals surface area contributed by atoms with Gasteiger partial charge in [0.25, 0.3) is 0 Å². The summed E-state index contributed by atoms with van der Waals surface area (Å²) in [4.78, 5) is 4.27. The maximum absolute atomic E-state index is 5.49. The SMILES string of the molecule is C=C(/N=C(/C)N(C)N)C(C)(C)C. The highest BCUT2D eigenvalue weighted by Crippen LogP contribution is 2.24. The van der Waals surface area contributed by atoms with Crippen LogP contribution in [-0.2, 0) is 0 Å². The van der Waals surface area contributed by atoms with E-state index in [2.05, 4.69) is 32.3 Å². The predicted octanol–water partition coefficient (Wildman–Crippen LogP) is 1.77. The molecule has 0 radical (unpaired) electrons. The fraction of sp³-hybridized carbons (Fsp3) is 0.667. The Bertz CT molecular complexity index is 196. The van der Waals surface area contributed by atoms with Crippen molar-refractivity contribution in [1.82, 2.24) is 5.01 Å². The lowest BCUT2D eigenvalue weighted by molar-refractivity contribution is 0.489. The zero-order valence-corrected chi connectivity index (χ0v) is 8.68. The van der Waals surface area contributed by atoms with Gasteiger partial charge in [-0.2, -0.15) is 0 Å². The molecule has 0 fully saturated rings. The van der Waals surface area contributed by atoms with E-state index in [-0.39, 0.29) is 5.41 Å². The van der Waals surface area contributed by atoms with Crippen LogP contribution < -0.4 is 5.84 Å². The second-order valence-corrected chi connectivity index (χ2v) is 3.97. The van der Waals surface area contributed by atoms with Gasteiger partial charge in [0, 0.05) is 18.2 Å². The summed E-state index contributed by atoms with van der Waals surface area (Å²) in [5.41, 5.74) is 0.856. The molecule has 0 aromatic carbocycles. The Morgan fingerprint density at radius 2 is 1.83 bits per heavy atom. The van der Waals surface area contributed by atoms with Gasteiger partial charge in [-0.15, -0.1) is 0 Å². The van der Waals surface area contributed by atoms with Crippen LogP contribution in [0.25, 0.3) is 0 Å². The zero-order chi connectivity index (χ0) is 9.94. The van der Waals surface area contributed by atoms with Crippen molar-refractivity contribution in [2.75, 3.05) is 7.05 Å². The lowest BCUT2D eigenvalue weighted by Crippen LogP contribution is -2.31. The summed E-state index contributed by atoms with van der Waals surface area (Å²) in [6.45, 7) is 12.0. The molecule has 0 aliphatic heterocycles. The molecule has 12 heavy (non-hydrogen) atoms. The molecule has 3 nitrogen and oxygen atoms in total. The normalized spacial score (nSPS) is 13.0. The van der Waals surface area contributed by atoms with E-state index in [9.17, 15) is 0 Å². The molecule has 0 bridgehead atoms. The topological polar surface area (TPSA) is 41.6 Å². The van der Waals surface area contributed by atoms with Crippen LogP contribution in [0, 0.1) is 5.41 Å². The molecule has 0 atom stereocenters. The zero-order valence-electron chi connectivity index (χ0n) is 8.68. The molecule has 0 aromatic heterocycles. The molecule has 0 amide bonds. The van der Waals surface area contributed by atoms with E-state index in [0.717, 1.165) is 11.5 Å². The third-order valence-corrected chi connectivity index (χ3v) is 1.67. The van der Waals surface area contributed by atoms with Crippen molar-refractivity contribution in [3.8, 4) is 0 Å². The summed E-state index contributed by atoms with van der Waals surface area (Å²) < 4.78 is 0. The standard InChI is InChI=1S/C9H19N3/c1-7(9(3,4)5)11-8(2)12(6)10/h1,10H2,2-6H3/b11-8-. The number of allylic oxidation sites excluding steroid dienone is 1. The number of nitrogens with two attached hydrogens (primary N) is 1. The molecule has 70 valence electrons. The van der Waals surface area contributed by atoms with Gasteiger partial charge in [-0.3, -0.25) is 0 Å². The van der Waals surface area contributed by atoms with E-state index in [1.54, 1.807) is 7.05 Å². The number of nitrogens with zero attached hydrogens (tertiary/aromatic N) is 2. The molecule has 0 aromatic rings. The molecular weight excluding hydrogens is 150 g/mol. The second kappa shape index (κ2) is 3.72. The third-order valence-electron chi connectivity index (χ3n) is 1.67. The highest BCUT2D eigenvalue weighted by atomic mass is 15.4. The Morgan fingerprint density at radius 3 is 2.08 bits per heavy atom. The van der Waals surface area contributed by atoms with Gasteiger partial charge in [0.15, 0.2) is 0 Å². The van der Waals surface area contributed by atoms with E-state index in [0.29, 0.717) is 0 Å². The molecule has 0 spiro atoms. The van der Waals surface area contributed by atoms with Gasteiger partial charge in [-0.1, -0.05) is 27.4 Å². The van der Waals surface area contributed by atoms with Crippen LogP contribution in [0.15, 0.2) is 17.3 Å². The Labute approximate surface area is 74.9 Å². The monoisotopic (exact) mass is 169 g/mol. The van der Waals surface area contributed by atoms with Gasteiger partial charge < -0.3 is 5.01 Å². The highest BCUT2D eigenvalue weighted by molar-refractivity contribution is 5.79. The first-order valence-electron chi connectivity index (χ1n) is 3.98. The first-order valence-corrected chi connectivity index (χ1v) is 3.98. The van der Waals surface area contributed by atoms with Crippen LogP contribution in [0.4, 0.5) is 0 Å². The van der Waals surface area contributed by atoms with E-state index in [1.807, 2.05) is 6.92 Å². The first kappa shape index (κ1) is 11.2. The average molecular weight is 169 g/mol. The summed E-state index contributed by atoms with van der Waals surface area (Å²) in [6.07, 6.45) is 0. The molecule has 0 aliphatic carbocycles. The number of amidine groups is 1. The van der Waals surface area contributed by atoms with E-state index < -0.39 is 0 Å². The fourth-order valence-electron chi connectivity index (χ4n) is 0.442. The van der Waals surface area contributed by atoms with Crippen molar-refractivity contribution in [2.45, 2.75) is 27.7 Å². The van der Waals surface area contributed by atoms with Crippen LogP contribution >= 0.6 is 0 Å². The Hall–Kier alpha value is -0.830. The molecule has 0 rings (SSSR count). The minimum absolute atomic E-state index is 0.0112. The van der Waals surface area contributed by atoms with Crippen LogP contribution in [0.5, 0.6) is 0 Å².